The Labute approximate surface area is 139 Å². The third-order valence-corrected chi connectivity index (χ3v) is 5.57. The van der Waals surface area contributed by atoms with Crippen molar-refractivity contribution < 1.29 is 14.6 Å². The van der Waals surface area contributed by atoms with Crippen molar-refractivity contribution in [2.75, 3.05) is 19.8 Å². The predicted octanol–water partition coefficient (Wildman–Crippen LogP) is 2.50. The number of benzene rings is 1. The molecule has 1 saturated heterocycles. The summed E-state index contributed by atoms with van der Waals surface area (Å²) in [7, 11) is 0. The van der Waals surface area contributed by atoms with Gasteiger partial charge in [0.05, 0.1) is 18.3 Å². The standard InChI is InChI=1S/C19H29NO3/c1-18(2)16(20-14-19(21)8-10-22-11-9-19)12-17(18)23-13-15-6-4-3-5-7-15/h3-7,16-17,20-21H,8-14H2,1-2H3. The summed E-state index contributed by atoms with van der Waals surface area (Å²) in [5, 5.41) is 14.1. The third-order valence-electron chi connectivity index (χ3n) is 5.57. The van der Waals surface area contributed by atoms with E-state index in [4.69, 9.17) is 9.47 Å². The Balaban J connectivity index is 1.45. The van der Waals surface area contributed by atoms with Gasteiger partial charge in [0, 0.05) is 44.1 Å². The van der Waals surface area contributed by atoms with Crippen molar-refractivity contribution in [2.45, 2.75) is 57.5 Å². The number of hydrogen-bond acceptors (Lipinski definition) is 4. The Kier molecular flexibility index (Phi) is 5.07. The Morgan fingerprint density at radius 2 is 1.91 bits per heavy atom. The van der Waals surface area contributed by atoms with Crippen molar-refractivity contribution >= 4 is 0 Å². The summed E-state index contributed by atoms with van der Waals surface area (Å²) in [6.07, 6.45) is 2.72. The molecule has 2 fully saturated rings. The van der Waals surface area contributed by atoms with E-state index in [1.807, 2.05) is 18.2 Å². The van der Waals surface area contributed by atoms with Gasteiger partial charge in [-0.15, -0.1) is 0 Å². The monoisotopic (exact) mass is 319 g/mol. The number of nitrogens with one attached hydrogen (secondary N) is 1. The van der Waals surface area contributed by atoms with Crippen LogP contribution >= 0.6 is 0 Å². The maximum absolute atomic E-state index is 10.6. The largest absolute Gasteiger partial charge is 0.388 e. The molecule has 1 aliphatic heterocycles. The third kappa shape index (κ3) is 3.94. The second-order valence-corrected chi connectivity index (χ2v) is 7.61. The molecule has 1 heterocycles. The second-order valence-electron chi connectivity index (χ2n) is 7.61. The van der Waals surface area contributed by atoms with E-state index in [2.05, 4.69) is 31.3 Å². The van der Waals surface area contributed by atoms with Gasteiger partial charge in [0.1, 0.15) is 0 Å². The van der Waals surface area contributed by atoms with E-state index in [0.717, 1.165) is 19.3 Å². The van der Waals surface area contributed by atoms with E-state index in [9.17, 15) is 5.11 Å². The molecular weight excluding hydrogens is 290 g/mol. The molecule has 4 nitrogen and oxygen atoms in total. The molecular formula is C19H29NO3. The molecule has 4 heteroatoms. The normalized spacial score (nSPS) is 29.0. The lowest BCUT2D eigenvalue weighted by molar-refractivity contribution is -0.132. The molecule has 0 amide bonds. The molecule has 0 bridgehead atoms. The number of ether oxygens (including phenoxy) is 2. The highest BCUT2D eigenvalue weighted by atomic mass is 16.5. The Morgan fingerprint density at radius 3 is 2.57 bits per heavy atom. The maximum atomic E-state index is 10.6. The highest BCUT2D eigenvalue weighted by Gasteiger charge is 2.49. The zero-order valence-corrected chi connectivity index (χ0v) is 14.3. The minimum Gasteiger partial charge on any atom is -0.388 e. The first-order valence-corrected chi connectivity index (χ1v) is 8.69. The summed E-state index contributed by atoms with van der Waals surface area (Å²) in [6, 6.07) is 10.7. The number of rotatable bonds is 6. The fraction of sp³-hybridized carbons (Fsp3) is 0.684. The molecule has 1 aliphatic carbocycles. The van der Waals surface area contributed by atoms with Gasteiger partial charge in [0.25, 0.3) is 0 Å². The molecule has 128 valence electrons. The van der Waals surface area contributed by atoms with Crippen LogP contribution in [0.25, 0.3) is 0 Å². The predicted molar refractivity (Wildman–Crippen MR) is 90.2 cm³/mol. The van der Waals surface area contributed by atoms with Crippen molar-refractivity contribution in [1.29, 1.82) is 0 Å². The average molecular weight is 319 g/mol. The van der Waals surface area contributed by atoms with Crippen LogP contribution in [0, 0.1) is 5.41 Å². The first-order valence-electron chi connectivity index (χ1n) is 8.69. The zero-order chi connectivity index (χ0) is 16.3. The fourth-order valence-electron chi connectivity index (χ4n) is 3.53. The van der Waals surface area contributed by atoms with Crippen LogP contribution < -0.4 is 5.32 Å². The minimum absolute atomic E-state index is 0.0936. The molecule has 1 aromatic rings. The Bertz CT molecular complexity index is 497. The van der Waals surface area contributed by atoms with E-state index in [-0.39, 0.29) is 11.5 Å². The molecule has 0 aromatic heterocycles. The molecule has 0 radical (unpaired) electrons. The van der Waals surface area contributed by atoms with Gasteiger partial charge in [-0.2, -0.15) is 0 Å². The molecule has 1 aromatic carbocycles. The van der Waals surface area contributed by atoms with Crippen molar-refractivity contribution in [3.63, 3.8) is 0 Å². The number of aliphatic hydroxyl groups is 1. The van der Waals surface area contributed by atoms with Gasteiger partial charge in [0.2, 0.25) is 0 Å². The lowest BCUT2D eigenvalue weighted by atomic mass is 9.64. The molecule has 23 heavy (non-hydrogen) atoms. The molecule has 2 N–H and O–H groups in total. The van der Waals surface area contributed by atoms with Gasteiger partial charge in [-0.25, -0.2) is 0 Å². The number of hydrogen-bond donors (Lipinski definition) is 2. The van der Waals surface area contributed by atoms with Crippen LogP contribution in [0.4, 0.5) is 0 Å². The lowest BCUT2D eigenvalue weighted by Gasteiger charge is -2.52. The summed E-state index contributed by atoms with van der Waals surface area (Å²) in [5.41, 5.74) is 0.705. The molecule has 2 unspecified atom stereocenters. The van der Waals surface area contributed by atoms with Crippen LogP contribution in [0.15, 0.2) is 30.3 Å². The van der Waals surface area contributed by atoms with Crippen molar-refractivity contribution in [2.24, 2.45) is 5.41 Å². The summed E-state index contributed by atoms with van der Waals surface area (Å²) in [6.45, 7) is 7.14. The fourth-order valence-corrected chi connectivity index (χ4v) is 3.53. The SMILES string of the molecule is CC1(C)C(NCC2(O)CCOCC2)CC1OCc1ccccc1. The maximum Gasteiger partial charge on any atom is 0.0815 e. The smallest absolute Gasteiger partial charge is 0.0815 e. The van der Waals surface area contributed by atoms with Crippen LogP contribution in [-0.4, -0.2) is 42.6 Å². The molecule has 2 atom stereocenters. The molecule has 1 saturated carbocycles. The Morgan fingerprint density at radius 1 is 1.22 bits per heavy atom. The first kappa shape index (κ1) is 16.9. The van der Waals surface area contributed by atoms with Crippen LogP contribution in [0.3, 0.4) is 0 Å². The van der Waals surface area contributed by atoms with Gasteiger partial charge < -0.3 is 19.9 Å². The zero-order valence-electron chi connectivity index (χ0n) is 14.3. The van der Waals surface area contributed by atoms with Crippen molar-refractivity contribution in [3.05, 3.63) is 35.9 Å². The van der Waals surface area contributed by atoms with E-state index in [1.54, 1.807) is 0 Å². The molecule has 3 rings (SSSR count). The highest BCUT2D eigenvalue weighted by molar-refractivity contribution is 5.14. The van der Waals surface area contributed by atoms with E-state index in [1.165, 1.54) is 5.56 Å². The van der Waals surface area contributed by atoms with Gasteiger partial charge >= 0.3 is 0 Å². The van der Waals surface area contributed by atoms with Crippen molar-refractivity contribution in [1.82, 2.24) is 5.32 Å². The summed E-state index contributed by atoms with van der Waals surface area (Å²) in [4.78, 5) is 0. The van der Waals surface area contributed by atoms with Crippen molar-refractivity contribution in [3.8, 4) is 0 Å². The lowest BCUT2D eigenvalue weighted by Crippen LogP contribution is -2.63. The van der Waals surface area contributed by atoms with E-state index < -0.39 is 5.60 Å². The summed E-state index contributed by atoms with van der Waals surface area (Å²) < 4.78 is 11.4. The molecule has 2 aliphatic rings. The average Bonchev–Trinajstić information content (AvgIpc) is 2.55. The van der Waals surface area contributed by atoms with Crippen LogP contribution in [-0.2, 0) is 16.1 Å². The van der Waals surface area contributed by atoms with Gasteiger partial charge in [-0.1, -0.05) is 44.2 Å². The second kappa shape index (κ2) is 6.89. The van der Waals surface area contributed by atoms with Crippen LogP contribution in [0.5, 0.6) is 0 Å². The minimum atomic E-state index is -0.607. The van der Waals surface area contributed by atoms with E-state index in [0.29, 0.717) is 32.4 Å². The topological polar surface area (TPSA) is 50.7 Å². The summed E-state index contributed by atoms with van der Waals surface area (Å²) >= 11 is 0. The van der Waals surface area contributed by atoms with Gasteiger partial charge in [-0.3, -0.25) is 0 Å². The highest BCUT2D eigenvalue weighted by Crippen LogP contribution is 2.43. The first-order chi connectivity index (χ1) is 11.0. The summed E-state index contributed by atoms with van der Waals surface area (Å²) in [5.74, 6) is 0. The quantitative estimate of drug-likeness (QED) is 0.846. The molecule has 0 spiro atoms. The van der Waals surface area contributed by atoms with E-state index >= 15 is 0 Å². The van der Waals surface area contributed by atoms with Gasteiger partial charge in [-0.05, 0) is 12.0 Å². The van der Waals surface area contributed by atoms with Crippen LogP contribution in [0.1, 0.15) is 38.7 Å². The van der Waals surface area contributed by atoms with Crippen LogP contribution in [0.2, 0.25) is 0 Å². The Hall–Kier alpha value is -0.940. The van der Waals surface area contributed by atoms with Gasteiger partial charge in [0.15, 0.2) is 0 Å².